The number of ketones is 1. The molecule has 0 heterocycles. The third kappa shape index (κ3) is 31.4. The number of rotatable bonds is 38. The molecule has 0 radical (unpaired) electrons. The third-order valence-electron chi connectivity index (χ3n) is 10.8. The number of aliphatic hydroxyl groups is 3. The van der Waals surface area contributed by atoms with E-state index in [1.165, 1.54) is 19.3 Å². The van der Waals surface area contributed by atoms with Crippen LogP contribution in [-0.4, -0.2) is 114 Å². The lowest BCUT2D eigenvalue weighted by Gasteiger charge is -2.24. The monoisotopic (exact) mass is 899 g/mol. The standard InChI is InChI=1S/C48H84NO12P/c1-6-8-10-11-12-13-14-15-16-17-18-19-20-21-22-23-25-31-48(55)61-42(39-60-62(56,57)59-35-34-49(3,4)5)38-58-47(54)30-27-26-29-41(51)36-44-43(45(52)37-46(44)53)33-32-40(50)28-24-9-7-2/h12-13,15-16,18-19,32-33,40,42-46,50,52-53H,6-11,14,17,20-31,34-39H2,1-5H3/p+1/b13-12-,16-15-,19-18-,33-32+/t40-,42+,43+,44+,45+,46-/m0/s1. The lowest BCUT2D eigenvalue weighted by atomic mass is 9.87. The molecular formula is C48H85NO12P+. The summed E-state index contributed by atoms with van der Waals surface area (Å²) in [6, 6.07) is 0. The van der Waals surface area contributed by atoms with Gasteiger partial charge in [0.25, 0.3) is 0 Å². The van der Waals surface area contributed by atoms with Gasteiger partial charge in [-0.2, -0.15) is 0 Å². The number of hydrogen-bond donors (Lipinski definition) is 4. The van der Waals surface area contributed by atoms with Gasteiger partial charge in [-0.3, -0.25) is 23.4 Å². The summed E-state index contributed by atoms with van der Waals surface area (Å²) < 4.78 is 34.2. The molecule has 0 aromatic rings. The summed E-state index contributed by atoms with van der Waals surface area (Å²) in [5.41, 5.74) is 0. The first-order chi connectivity index (χ1) is 29.6. The van der Waals surface area contributed by atoms with Crippen LogP contribution in [-0.2, 0) is 37.5 Å². The van der Waals surface area contributed by atoms with Gasteiger partial charge < -0.3 is 34.2 Å². The van der Waals surface area contributed by atoms with Gasteiger partial charge in [-0.1, -0.05) is 107 Å². The van der Waals surface area contributed by atoms with Crippen molar-refractivity contribution in [2.24, 2.45) is 11.8 Å². The van der Waals surface area contributed by atoms with E-state index in [2.05, 4.69) is 50.3 Å². The van der Waals surface area contributed by atoms with Crippen LogP contribution in [0.2, 0.25) is 0 Å². The number of quaternary nitrogens is 1. The summed E-state index contributed by atoms with van der Waals surface area (Å²) in [6.45, 7) is 3.82. The highest BCUT2D eigenvalue weighted by Crippen LogP contribution is 2.43. The third-order valence-corrected chi connectivity index (χ3v) is 11.8. The number of allylic oxidation sites excluding steroid dienone is 6. The fourth-order valence-corrected chi connectivity index (χ4v) is 7.76. The predicted molar refractivity (Wildman–Crippen MR) is 245 cm³/mol. The van der Waals surface area contributed by atoms with Gasteiger partial charge in [0, 0.05) is 43.9 Å². The summed E-state index contributed by atoms with van der Waals surface area (Å²) in [5.74, 6) is -2.10. The number of carbonyl (C=O) groups is 3. The van der Waals surface area contributed by atoms with Crippen molar-refractivity contribution < 1.29 is 62.2 Å². The second-order valence-electron chi connectivity index (χ2n) is 17.8. The molecule has 0 aromatic carbocycles. The van der Waals surface area contributed by atoms with Gasteiger partial charge in [0.05, 0.1) is 46.1 Å². The van der Waals surface area contributed by atoms with Crippen LogP contribution in [0.5, 0.6) is 0 Å². The Morgan fingerprint density at radius 1 is 0.726 bits per heavy atom. The van der Waals surface area contributed by atoms with Crippen LogP contribution < -0.4 is 0 Å². The SMILES string of the molecule is CCCCC/C=C\C/C=C\C/C=C\CCCCCCC(=O)O[C@H](COC(=O)CCCCC(=O)C[C@@H]1[C@@H](/C=C/[C@@H](O)CCCCC)[C@H](O)C[C@@H]1O)COP(=O)(O)OCC[N+](C)(C)C. The smallest absolute Gasteiger partial charge is 0.462 e. The molecule has 0 aromatic heterocycles. The van der Waals surface area contributed by atoms with Crippen molar-refractivity contribution in [2.75, 3.05) is 47.5 Å². The Bertz CT molecular complexity index is 1380. The van der Waals surface area contributed by atoms with Crippen molar-refractivity contribution in [3.05, 3.63) is 48.6 Å². The number of phosphoric acid groups is 1. The van der Waals surface area contributed by atoms with E-state index in [9.17, 15) is 39.2 Å². The van der Waals surface area contributed by atoms with E-state index in [4.69, 9.17) is 18.5 Å². The number of unbranched alkanes of at least 4 members (excludes halogenated alkanes) is 10. The van der Waals surface area contributed by atoms with Gasteiger partial charge in [-0.25, -0.2) is 4.57 Å². The lowest BCUT2D eigenvalue weighted by molar-refractivity contribution is -0.870. The summed E-state index contributed by atoms with van der Waals surface area (Å²) in [6.07, 6.45) is 29.3. The fourth-order valence-electron chi connectivity index (χ4n) is 7.02. The number of likely N-dealkylation sites (N-methyl/N-ethyl adjacent to an activating group) is 1. The van der Waals surface area contributed by atoms with Crippen molar-refractivity contribution in [1.29, 1.82) is 0 Å². The molecular weight excluding hydrogens is 813 g/mol. The van der Waals surface area contributed by atoms with Gasteiger partial charge in [-0.15, -0.1) is 0 Å². The molecule has 0 saturated heterocycles. The summed E-state index contributed by atoms with van der Waals surface area (Å²) in [4.78, 5) is 48.5. The fraction of sp³-hybridized carbons (Fsp3) is 0.771. The minimum atomic E-state index is -4.48. The van der Waals surface area contributed by atoms with Crippen LogP contribution in [0.15, 0.2) is 48.6 Å². The topological polar surface area (TPSA) is 186 Å². The quantitative estimate of drug-likeness (QED) is 0.0152. The average molecular weight is 899 g/mol. The first-order valence-corrected chi connectivity index (χ1v) is 25.0. The molecule has 1 aliphatic carbocycles. The van der Waals surface area contributed by atoms with E-state index in [-0.39, 0.29) is 51.1 Å². The van der Waals surface area contributed by atoms with Crippen molar-refractivity contribution in [3.8, 4) is 0 Å². The molecule has 358 valence electrons. The van der Waals surface area contributed by atoms with Gasteiger partial charge >= 0.3 is 19.8 Å². The Morgan fingerprint density at radius 2 is 1.31 bits per heavy atom. The van der Waals surface area contributed by atoms with Gasteiger partial charge in [0.2, 0.25) is 0 Å². The van der Waals surface area contributed by atoms with E-state index in [1.54, 1.807) is 12.2 Å². The molecule has 1 rings (SSSR count). The van der Waals surface area contributed by atoms with Crippen LogP contribution in [0.4, 0.5) is 0 Å². The molecule has 0 amide bonds. The van der Waals surface area contributed by atoms with E-state index in [1.807, 2.05) is 21.1 Å². The van der Waals surface area contributed by atoms with Crippen LogP contribution in [0.25, 0.3) is 0 Å². The van der Waals surface area contributed by atoms with Crippen LogP contribution >= 0.6 is 7.82 Å². The van der Waals surface area contributed by atoms with Crippen LogP contribution in [0.1, 0.15) is 155 Å². The molecule has 1 aliphatic rings. The number of ether oxygens (including phenoxy) is 2. The first-order valence-electron chi connectivity index (χ1n) is 23.5. The Hall–Kier alpha value is -2.48. The van der Waals surface area contributed by atoms with E-state index in [0.29, 0.717) is 36.7 Å². The van der Waals surface area contributed by atoms with E-state index in [0.717, 1.165) is 64.2 Å². The lowest BCUT2D eigenvalue weighted by Crippen LogP contribution is -2.37. The predicted octanol–water partition coefficient (Wildman–Crippen LogP) is 9.03. The number of hydrogen-bond acceptors (Lipinski definition) is 11. The minimum Gasteiger partial charge on any atom is -0.462 e. The Balaban J connectivity index is 2.52. The largest absolute Gasteiger partial charge is 0.472 e. The molecule has 62 heavy (non-hydrogen) atoms. The number of carbonyl (C=O) groups excluding carboxylic acids is 3. The van der Waals surface area contributed by atoms with E-state index >= 15 is 0 Å². The van der Waals surface area contributed by atoms with Crippen molar-refractivity contribution in [1.82, 2.24) is 0 Å². The minimum absolute atomic E-state index is 0.00372. The number of Topliss-reactive ketones (excluding diaryl/α,β-unsaturated/α-hetero) is 1. The molecule has 13 nitrogen and oxygen atoms in total. The zero-order chi connectivity index (χ0) is 46.1. The van der Waals surface area contributed by atoms with Gasteiger partial charge in [-0.05, 0) is 64.2 Å². The van der Waals surface area contributed by atoms with Gasteiger partial charge in [0.15, 0.2) is 6.10 Å². The number of aliphatic hydroxyl groups excluding tert-OH is 3. The molecule has 1 fully saturated rings. The van der Waals surface area contributed by atoms with E-state index < -0.39 is 62.6 Å². The number of nitrogens with zero attached hydrogens (tertiary/aromatic N) is 1. The van der Waals surface area contributed by atoms with Gasteiger partial charge in [0.1, 0.15) is 25.5 Å². The second kappa shape index (κ2) is 34.9. The maximum absolute atomic E-state index is 12.9. The van der Waals surface area contributed by atoms with Crippen LogP contribution in [0.3, 0.4) is 0 Å². The Kier molecular flexibility index (Phi) is 32.4. The normalized spacial score (nSPS) is 20.4. The second-order valence-corrected chi connectivity index (χ2v) is 19.2. The molecule has 4 N–H and O–H groups in total. The molecule has 0 aliphatic heterocycles. The molecule has 0 spiro atoms. The summed E-state index contributed by atoms with van der Waals surface area (Å²) in [7, 11) is 1.25. The highest BCUT2D eigenvalue weighted by Gasteiger charge is 2.41. The van der Waals surface area contributed by atoms with Crippen molar-refractivity contribution >= 4 is 25.5 Å². The Morgan fingerprint density at radius 3 is 1.97 bits per heavy atom. The zero-order valence-corrected chi connectivity index (χ0v) is 39.8. The van der Waals surface area contributed by atoms with Crippen molar-refractivity contribution in [3.63, 3.8) is 0 Å². The average Bonchev–Trinajstić information content (AvgIpc) is 3.47. The summed E-state index contributed by atoms with van der Waals surface area (Å²) in [5, 5.41) is 31.4. The molecule has 1 saturated carbocycles. The number of esters is 2. The Labute approximate surface area is 374 Å². The molecule has 1 unspecified atom stereocenters. The maximum atomic E-state index is 12.9. The zero-order valence-electron chi connectivity index (χ0n) is 38.9. The van der Waals surface area contributed by atoms with Crippen molar-refractivity contribution in [2.45, 2.75) is 180 Å². The highest BCUT2D eigenvalue weighted by atomic mass is 31.2. The molecule has 0 bridgehead atoms. The van der Waals surface area contributed by atoms with Crippen LogP contribution in [0, 0.1) is 11.8 Å². The maximum Gasteiger partial charge on any atom is 0.472 e. The molecule has 14 heteroatoms. The summed E-state index contributed by atoms with van der Waals surface area (Å²) >= 11 is 0. The molecule has 7 atom stereocenters. The first kappa shape index (κ1) is 57.5. The highest BCUT2D eigenvalue weighted by molar-refractivity contribution is 7.47. The number of phosphoric ester groups is 1.